The van der Waals surface area contributed by atoms with Gasteiger partial charge in [0.05, 0.1) is 4.92 Å². The monoisotopic (exact) mass is 455 g/mol. The van der Waals surface area contributed by atoms with Crippen LogP contribution in [0.4, 0.5) is 5.69 Å². The Morgan fingerprint density at radius 2 is 1.97 bits per heavy atom. The minimum Gasteiger partial charge on any atom is -0.350 e. The molecule has 0 saturated heterocycles. The van der Waals surface area contributed by atoms with Gasteiger partial charge in [0.25, 0.3) is 11.6 Å². The third kappa shape index (κ3) is 6.92. The molecule has 0 aromatic heterocycles. The van der Waals surface area contributed by atoms with Crippen molar-refractivity contribution >= 4 is 52.5 Å². The quantitative estimate of drug-likeness (QED) is 0.438. The van der Waals surface area contributed by atoms with Crippen LogP contribution < -0.4 is 10.6 Å². The van der Waals surface area contributed by atoms with E-state index in [0.717, 1.165) is 11.6 Å². The van der Waals surface area contributed by atoms with Crippen molar-refractivity contribution < 1.29 is 14.5 Å². The first kappa shape index (κ1) is 23.0. The van der Waals surface area contributed by atoms with Crippen molar-refractivity contribution in [1.29, 1.82) is 0 Å². The first-order chi connectivity index (χ1) is 13.8. The summed E-state index contributed by atoms with van der Waals surface area (Å²) < 4.78 is 0. The summed E-state index contributed by atoms with van der Waals surface area (Å²) in [6, 6.07) is 10.0. The van der Waals surface area contributed by atoms with E-state index in [1.54, 1.807) is 18.2 Å². The molecule has 0 aliphatic carbocycles. The lowest BCUT2D eigenvalue weighted by Crippen LogP contribution is -2.46. The Bertz CT molecular complexity index is 911. The zero-order chi connectivity index (χ0) is 21.4. The largest absolute Gasteiger partial charge is 0.350 e. The van der Waals surface area contributed by atoms with Gasteiger partial charge in [-0.15, -0.1) is 0 Å². The van der Waals surface area contributed by atoms with Crippen molar-refractivity contribution in [2.45, 2.75) is 19.0 Å². The second-order valence-electron chi connectivity index (χ2n) is 6.08. The molecule has 0 aliphatic rings. The molecule has 1 atom stereocenters. The molecule has 0 unspecified atom stereocenters. The molecule has 0 aliphatic heterocycles. The number of nitrogens with zero attached hydrogens (tertiary/aromatic N) is 1. The molecule has 0 radical (unpaired) electrons. The van der Waals surface area contributed by atoms with Crippen molar-refractivity contribution in [2.75, 3.05) is 12.0 Å². The predicted octanol–water partition coefficient (Wildman–Crippen LogP) is 4.07. The summed E-state index contributed by atoms with van der Waals surface area (Å²) in [5, 5.41) is 16.9. The average Bonchev–Trinajstić information content (AvgIpc) is 2.69. The zero-order valence-corrected chi connectivity index (χ0v) is 17.8. The molecule has 2 aromatic rings. The lowest BCUT2D eigenvalue weighted by Gasteiger charge is -2.18. The van der Waals surface area contributed by atoms with Crippen molar-refractivity contribution in [3.63, 3.8) is 0 Å². The summed E-state index contributed by atoms with van der Waals surface area (Å²) in [6.07, 6.45) is 2.30. The highest BCUT2D eigenvalue weighted by Crippen LogP contribution is 2.25. The van der Waals surface area contributed by atoms with Gasteiger partial charge in [-0.05, 0) is 48.3 Å². The number of hydrogen-bond donors (Lipinski definition) is 2. The molecule has 2 N–H and O–H groups in total. The van der Waals surface area contributed by atoms with Gasteiger partial charge >= 0.3 is 0 Å². The molecular formula is C19H19Cl2N3O4S. The Labute approximate surface area is 182 Å². The molecule has 2 rings (SSSR count). The van der Waals surface area contributed by atoms with Gasteiger partial charge in [0.1, 0.15) is 11.1 Å². The number of carbonyl (C=O) groups excluding carboxylic acids is 2. The first-order valence-corrected chi connectivity index (χ1v) is 10.7. The maximum Gasteiger partial charge on any atom is 0.288 e. The van der Waals surface area contributed by atoms with Gasteiger partial charge in [-0.1, -0.05) is 35.3 Å². The van der Waals surface area contributed by atoms with E-state index in [1.807, 2.05) is 12.3 Å². The van der Waals surface area contributed by atoms with Gasteiger partial charge in [0.15, 0.2) is 0 Å². The lowest BCUT2D eigenvalue weighted by atomic mass is 10.1. The SMILES string of the molecule is CSCC[C@H](NC(=O)c1ccc(Cl)c([N+](=O)[O-])c1)C(=O)NCc1cccc(Cl)c1. The van der Waals surface area contributed by atoms with Crippen LogP contribution in [0.3, 0.4) is 0 Å². The normalized spacial score (nSPS) is 11.6. The number of rotatable bonds is 9. The third-order valence-corrected chi connectivity index (χ3v) is 5.19. The van der Waals surface area contributed by atoms with E-state index < -0.39 is 16.9 Å². The molecule has 0 spiro atoms. The summed E-state index contributed by atoms with van der Waals surface area (Å²) >= 11 is 13.3. The highest BCUT2D eigenvalue weighted by atomic mass is 35.5. The molecule has 154 valence electrons. The van der Waals surface area contributed by atoms with Crippen molar-refractivity contribution in [3.05, 3.63) is 73.8 Å². The summed E-state index contributed by atoms with van der Waals surface area (Å²) in [4.78, 5) is 35.5. The molecule has 10 heteroatoms. The van der Waals surface area contributed by atoms with Gasteiger partial charge in [-0.25, -0.2) is 0 Å². The summed E-state index contributed by atoms with van der Waals surface area (Å²) in [5.74, 6) is -0.291. The topological polar surface area (TPSA) is 101 Å². The van der Waals surface area contributed by atoms with E-state index in [4.69, 9.17) is 23.2 Å². The van der Waals surface area contributed by atoms with Crippen LogP contribution in [0.2, 0.25) is 10.0 Å². The highest BCUT2D eigenvalue weighted by Gasteiger charge is 2.23. The minimum absolute atomic E-state index is 0.0536. The van der Waals surface area contributed by atoms with E-state index in [9.17, 15) is 19.7 Å². The van der Waals surface area contributed by atoms with E-state index >= 15 is 0 Å². The fraction of sp³-hybridized carbons (Fsp3) is 0.263. The lowest BCUT2D eigenvalue weighted by molar-refractivity contribution is -0.384. The Morgan fingerprint density at radius 1 is 1.21 bits per heavy atom. The molecular weight excluding hydrogens is 437 g/mol. The van der Waals surface area contributed by atoms with Crippen LogP contribution in [0.25, 0.3) is 0 Å². The standard InChI is InChI=1S/C19H19Cl2N3O4S/c1-29-8-7-16(19(26)22-11-12-3-2-4-14(20)9-12)23-18(25)13-5-6-15(21)17(10-13)24(27)28/h2-6,9-10,16H,7-8,11H2,1H3,(H,22,26)(H,23,25)/t16-/m0/s1. The molecule has 7 nitrogen and oxygen atoms in total. The smallest absolute Gasteiger partial charge is 0.288 e. The second kappa shape index (κ2) is 11.0. The number of nitrogens with one attached hydrogen (secondary N) is 2. The Morgan fingerprint density at radius 3 is 2.62 bits per heavy atom. The third-order valence-electron chi connectivity index (χ3n) is 3.99. The fourth-order valence-electron chi connectivity index (χ4n) is 2.50. The zero-order valence-electron chi connectivity index (χ0n) is 15.5. The van der Waals surface area contributed by atoms with Crippen LogP contribution >= 0.6 is 35.0 Å². The number of nitro groups is 1. The van der Waals surface area contributed by atoms with Gasteiger partial charge in [-0.2, -0.15) is 11.8 Å². The minimum atomic E-state index is -0.788. The summed E-state index contributed by atoms with van der Waals surface area (Å²) in [6.45, 7) is 0.261. The average molecular weight is 456 g/mol. The second-order valence-corrected chi connectivity index (χ2v) is 7.91. The highest BCUT2D eigenvalue weighted by molar-refractivity contribution is 7.98. The molecule has 29 heavy (non-hydrogen) atoms. The van der Waals surface area contributed by atoms with Crippen LogP contribution in [0.5, 0.6) is 0 Å². The molecule has 2 amide bonds. The van der Waals surface area contributed by atoms with Gasteiger partial charge in [0.2, 0.25) is 5.91 Å². The van der Waals surface area contributed by atoms with Gasteiger partial charge in [-0.3, -0.25) is 19.7 Å². The Balaban J connectivity index is 2.08. The maximum absolute atomic E-state index is 12.6. The maximum atomic E-state index is 12.6. The molecule has 0 fully saturated rings. The molecule has 2 aromatic carbocycles. The Kier molecular flexibility index (Phi) is 8.75. The first-order valence-electron chi connectivity index (χ1n) is 8.57. The van der Waals surface area contributed by atoms with Crippen LogP contribution in [0.1, 0.15) is 22.3 Å². The number of amides is 2. The van der Waals surface area contributed by atoms with Crippen molar-refractivity contribution in [3.8, 4) is 0 Å². The molecule has 0 heterocycles. The predicted molar refractivity (Wildman–Crippen MR) is 116 cm³/mol. The Hall–Kier alpha value is -2.29. The molecule has 0 bridgehead atoms. The van der Waals surface area contributed by atoms with Gasteiger partial charge < -0.3 is 10.6 Å². The number of hydrogen-bond acceptors (Lipinski definition) is 5. The van der Waals surface area contributed by atoms with E-state index in [0.29, 0.717) is 17.2 Å². The van der Waals surface area contributed by atoms with Crippen LogP contribution in [-0.4, -0.2) is 34.8 Å². The number of nitro benzene ring substituents is 1. The number of thioether (sulfide) groups is 1. The summed E-state index contributed by atoms with van der Waals surface area (Å²) in [5.41, 5.74) is 0.511. The van der Waals surface area contributed by atoms with Gasteiger partial charge in [0, 0.05) is 23.2 Å². The number of halogens is 2. The van der Waals surface area contributed by atoms with E-state index in [1.165, 1.54) is 23.9 Å². The van der Waals surface area contributed by atoms with E-state index in [-0.39, 0.29) is 28.7 Å². The van der Waals surface area contributed by atoms with E-state index in [2.05, 4.69) is 10.6 Å². The van der Waals surface area contributed by atoms with Crippen molar-refractivity contribution in [1.82, 2.24) is 10.6 Å². The van der Waals surface area contributed by atoms with Crippen LogP contribution in [-0.2, 0) is 11.3 Å². The molecule has 0 saturated carbocycles. The number of benzene rings is 2. The van der Waals surface area contributed by atoms with Crippen molar-refractivity contribution in [2.24, 2.45) is 0 Å². The van der Waals surface area contributed by atoms with Crippen LogP contribution in [0, 0.1) is 10.1 Å². The fourth-order valence-corrected chi connectivity index (χ4v) is 3.37. The number of carbonyl (C=O) groups is 2. The van der Waals surface area contributed by atoms with Crippen LogP contribution in [0.15, 0.2) is 42.5 Å². The summed E-state index contributed by atoms with van der Waals surface area (Å²) in [7, 11) is 0.